The van der Waals surface area contributed by atoms with Crippen molar-refractivity contribution in [2.24, 2.45) is 0 Å². The van der Waals surface area contributed by atoms with E-state index in [1.165, 1.54) is 12.1 Å². The normalized spacial score (nSPS) is 16.2. The molecule has 0 aliphatic carbocycles. The van der Waals surface area contributed by atoms with Gasteiger partial charge in [-0.05, 0) is 36.4 Å². The van der Waals surface area contributed by atoms with Crippen molar-refractivity contribution in [2.45, 2.75) is 6.04 Å². The van der Waals surface area contributed by atoms with Crippen molar-refractivity contribution < 1.29 is 9.18 Å². The van der Waals surface area contributed by atoms with Crippen LogP contribution < -0.4 is 15.5 Å². The van der Waals surface area contributed by atoms with Crippen LogP contribution in [0.2, 0.25) is 5.02 Å². The molecular weight excluding hydrogens is 445 g/mol. The molecule has 1 amide bonds. The predicted octanol–water partition coefficient (Wildman–Crippen LogP) is 3.00. The average Bonchev–Trinajstić information content (AvgIpc) is 3.34. The molecular formula is C23H21ClFN7O. The van der Waals surface area contributed by atoms with Crippen molar-refractivity contribution >= 4 is 34.2 Å². The van der Waals surface area contributed by atoms with Crippen LogP contribution in [0.15, 0.2) is 48.8 Å². The van der Waals surface area contributed by atoms with Crippen molar-refractivity contribution in [3.63, 3.8) is 0 Å². The number of anilines is 1. The number of hydrogen-bond acceptors (Lipinski definition) is 6. The zero-order chi connectivity index (χ0) is 22.9. The van der Waals surface area contributed by atoms with Crippen LogP contribution in [0.5, 0.6) is 0 Å². The first-order valence-electron chi connectivity index (χ1n) is 10.5. The summed E-state index contributed by atoms with van der Waals surface area (Å²) >= 11 is 6.08. The van der Waals surface area contributed by atoms with E-state index < -0.39 is 5.82 Å². The second-order valence-corrected chi connectivity index (χ2v) is 8.20. The zero-order valence-electron chi connectivity index (χ0n) is 17.8. The van der Waals surface area contributed by atoms with Gasteiger partial charge in [0.1, 0.15) is 17.6 Å². The van der Waals surface area contributed by atoms with Crippen molar-refractivity contribution in [3.8, 4) is 22.5 Å². The first kappa shape index (κ1) is 21.3. The number of halogens is 2. The number of benzene rings is 1. The Hall–Kier alpha value is -3.56. The van der Waals surface area contributed by atoms with E-state index in [2.05, 4.69) is 30.7 Å². The minimum atomic E-state index is -0.415. The van der Waals surface area contributed by atoms with Crippen molar-refractivity contribution in [1.82, 2.24) is 30.8 Å². The highest BCUT2D eigenvalue weighted by Gasteiger charge is 2.25. The molecule has 4 heterocycles. The molecule has 3 aromatic heterocycles. The molecule has 0 saturated carbocycles. The largest absolute Gasteiger partial charge is 0.367 e. The number of nitrogens with zero attached hydrogens (tertiary/aromatic N) is 4. The first-order chi connectivity index (χ1) is 16.0. The summed E-state index contributed by atoms with van der Waals surface area (Å²) in [5, 5.41) is 13.4. The summed E-state index contributed by atoms with van der Waals surface area (Å²) in [4.78, 5) is 23.5. The van der Waals surface area contributed by atoms with Crippen LogP contribution in [0.3, 0.4) is 0 Å². The van der Waals surface area contributed by atoms with E-state index in [1.54, 1.807) is 25.5 Å². The molecule has 4 aromatic rings. The lowest BCUT2D eigenvalue weighted by molar-refractivity contribution is -0.122. The second kappa shape index (κ2) is 8.76. The van der Waals surface area contributed by atoms with E-state index in [0.717, 1.165) is 17.7 Å². The van der Waals surface area contributed by atoms with Crippen molar-refractivity contribution in [1.29, 1.82) is 0 Å². The molecule has 1 atom stereocenters. The molecule has 1 aliphatic rings. The lowest BCUT2D eigenvalue weighted by Crippen LogP contribution is -2.56. The Balaban J connectivity index is 1.50. The number of aromatic nitrogens is 4. The molecule has 8 nitrogen and oxygen atoms in total. The topological polar surface area (TPSA) is 98.8 Å². The highest BCUT2D eigenvalue weighted by Crippen LogP contribution is 2.33. The Bertz CT molecular complexity index is 1340. The predicted molar refractivity (Wildman–Crippen MR) is 126 cm³/mol. The van der Waals surface area contributed by atoms with E-state index in [0.29, 0.717) is 46.1 Å². The number of rotatable bonds is 4. The van der Waals surface area contributed by atoms with Gasteiger partial charge in [-0.2, -0.15) is 5.10 Å². The quantitative estimate of drug-likeness (QED) is 0.428. The van der Waals surface area contributed by atoms with E-state index in [9.17, 15) is 9.18 Å². The van der Waals surface area contributed by atoms with Gasteiger partial charge in [-0.15, -0.1) is 0 Å². The van der Waals surface area contributed by atoms with Gasteiger partial charge >= 0.3 is 0 Å². The summed E-state index contributed by atoms with van der Waals surface area (Å²) in [6.45, 7) is 1.97. The van der Waals surface area contributed by atoms with Crippen LogP contribution in [0.25, 0.3) is 33.5 Å². The zero-order valence-corrected chi connectivity index (χ0v) is 18.5. The number of carbonyl (C=O) groups excluding carboxylic acids is 1. The summed E-state index contributed by atoms with van der Waals surface area (Å²) in [6.07, 6.45) is 3.48. The van der Waals surface area contributed by atoms with Gasteiger partial charge in [0.25, 0.3) is 0 Å². The molecule has 5 rings (SSSR count). The van der Waals surface area contributed by atoms with E-state index in [1.807, 2.05) is 18.2 Å². The number of aromatic amines is 1. The number of fused-ring (bicyclic) bond motifs is 1. The summed E-state index contributed by atoms with van der Waals surface area (Å²) in [5.41, 5.74) is 4.34. The lowest BCUT2D eigenvalue weighted by Gasteiger charge is -2.34. The number of pyridine rings is 2. The Morgan fingerprint density at radius 3 is 2.94 bits per heavy atom. The Kier molecular flexibility index (Phi) is 5.65. The maximum Gasteiger partial charge on any atom is 0.238 e. The van der Waals surface area contributed by atoms with Gasteiger partial charge in [-0.3, -0.25) is 14.9 Å². The van der Waals surface area contributed by atoms with Gasteiger partial charge in [-0.25, -0.2) is 9.37 Å². The fourth-order valence-electron chi connectivity index (χ4n) is 4.02. The molecule has 3 N–H and O–H groups in total. The van der Waals surface area contributed by atoms with Gasteiger partial charge in [0.05, 0.1) is 28.6 Å². The first-order valence-corrected chi connectivity index (χ1v) is 10.9. The van der Waals surface area contributed by atoms with Crippen LogP contribution in [-0.2, 0) is 4.79 Å². The van der Waals surface area contributed by atoms with Gasteiger partial charge in [0.2, 0.25) is 5.91 Å². The molecule has 10 heteroatoms. The fourth-order valence-corrected chi connectivity index (χ4v) is 4.19. The van der Waals surface area contributed by atoms with Gasteiger partial charge < -0.3 is 15.5 Å². The van der Waals surface area contributed by atoms with Crippen molar-refractivity contribution in [3.05, 3.63) is 59.6 Å². The van der Waals surface area contributed by atoms with Crippen LogP contribution in [0.1, 0.15) is 0 Å². The minimum Gasteiger partial charge on any atom is -0.367 e. The second-order valence-electron chi connectivity index (χ2n) is 7.77. The number of likely N-dealkylation sites (N-methyl/N-ethyl adjacent to an activating group) is 1. The van der Waals surface area contributed by atoms with E-state index in [4.69, 9.17) is 16.6 Å². The average molecular weight is 466 g/mol. The summed E-state index contributed by atoms with van der Waals surface area (Å²) < 4.78 is 14.5. The summed E-state index contributed by atoms with van der Waals surface area (Å²) in [5.74, 6) is -0.462. The smallest absolute Gasteiger partial charge is 0.238 e. The van der Waals surface area contributed by atoms with Crippen LogP contribution >= 0.6 is 11.6 Å². The molecule has 1 aromatic carbocycles. The van der Waals surface area contributed by atoms with Crippen LogP contribution in [-0.4, -0.2) is 58.8 Å². The molecule has 1 saturated heterocycles. The number of amides is 1. The molecule has 0 radical (unpaired) electrons. The Morgan fingerprint density at radius 1 is 1.21 bits per heavy atom. The molecule has 1 fully saturated rings. The number of H-pyrrole nitrogens is 1. The van der Waals surface area contributed by atoms with Crippen LogP contribution in [0.4, 0.5) is 10.1 Å². The third kappa shape index (κ3) is 4.12. The van der Waals surface area contributed by atoms with Crippen LogP contribution in [0, 0.1) is 5.82 Å². The third-order valence-corrected chi connectivity index (χ3v) is 5.96. The molecule has 33 heavy (non-hydrogen) atoms. The highest BCUT2D eigenvalue weighted by molar-refractivity contribution is 6.30. The number of piperazine rings is 1. The Labute approximate surface area is 194 Å². The maximum atomic E-state index is 14.5. The number of nitrogens with one attached hydrogen (secondary N) is 3. The van der Waals surface area contributed by atoms with E-state index >= 15 is 0 Å². The molecule has 168 valence electrons. The van der Waals surface area contributed by atoms with Gasteiger partial charge in [-0.1, -0.05) is 11.6 Å². The maximum absolute atomic E-state index is 14.5. The SMILES string of the molecule is CNC(=O)C1CN(c2cnc3ccc(-c4c[nH]nc4-c4cc(Cl)ccc4F)nc3c2)CCN1. The van der Waals surface area contributed by atoms with Crippen molar-refractivity contribution in [2.75, 3.05) is 31.6 Å². The molecule has 1 aliphatic heterocycles. The van der Waals surface area contributed by atoms with Gasteiger partial charge in [0.15, 0.2) is 0 Å². The summed E-state index contributed by atoms with van der Waals surface area (Å²) in [7, 11) is 1.63. The highest BCUT2D eigenvalue weighted by atomic mass is 35.5. The Morgan fingerprint density at radius 2 is 2.09 bits per heavy atom. The molecule has 0 bridgehead atoms. The number of hydrogen-bond donors (Lipinski definition) is 3. The third-order valence-electron chi connectivity index (χ3n) is 5.73. The molecule has 0 spiro atoms. The lowest BCUT2D eigenvalue weighted by atomic mass is 10.0. The fraction of sp³-hybridized carbons (Fsp3) is 0.217. The molecule has 1 unspecified atom stereocenters. The van der Waals surface area contributed by atoms with Gasteiger partial charge in [0, 0.05) is 49.0 Å². The van der Waals surface area contributed by atoms with E-state index in [-0.39, 0.29) is 11.9 Å². The standard InChI is InChI=1S/C23H21ClFN7O/c1-26-23(33)21-12-32(7-6-27-21)14-9-20-19(28-10-14)5-4-18(30-20)16-11-29-31-22(16)15-8-13(24)2-3-17(15)25/h2-5,8-11,21,27H,6-7,12H2,1H3,(H,26,33)(H,29,31). The summed E-state index contributed by atoms with van der Waals surface area (Å²) in [6, 6.07) is 9.73. The number of carbonyl (C=O) groups is 1. The minimum absolute atomic E-state index is 0.0467. The monoisotopic (exact) mass is 465 g/mol.